The second kappa shape index (κ2) is 5.36. The number of carbonyl (C=O) groups excluding carboxylic acids is 1. The fraction of sp³-hybridized carbons (Fsp3) is 0.357. The number of piperazine rings is 1. The summed E-state index contributed by atoms with van der Waals surface area (Å²) in [6.45, 7) is 0.386. The van der Waals surface area contributed by atoms with Crippen LogP contribution in [0.25, 0.3) is 11.3 Å². The van der Waals surface area contributed by atoms with Crippen molar-refractivity contribution in [1.29, 1.82) is 0 Å². The molecule has 0 saturated carbocycles. The highest BCUT2D eigenvalue weighted by Gasteiger charge is 2.48. The number of nitrogens with zero attached hydrogens (tertiary/aromatic N) is 3. The minimum atomic E-state index is -3.68. The molecule has 2 unspecified atom stereocenters. The van der Waals surface area contributed by atoms with Crippen LogP contribution in [-0.4, -0.2) is 46.8 Å². The lowest BCUT2D eigenvalue weighted by molar-refractivity contribution is -0.126. The standard InChI is InChI=1S/C14H14N4O3S2/c19-14-13-6-3-10(7-15-14)18(13)23(20,21)11-4-1-9(2-5-11)12-8-22-17-16-12/h1-2,4-5,8,10,13H,3,6-7H2,(H,15,19). The highest BCUT2D eigenvalue weighted by Crippen LogP contribution is 2.33. The molecule has 0 aliphatic carbocycles. The molecule has 2 aliphatic heterocycles. The van der Waals surface area contributed by atoms with Crippen LogP contribution in [0, 0.1) is 0 Å². The van der Waals surface area contributed by atoms with E-state index in [0.29, 0.717) is 19.4 Å². The summed E-state index contributed by atoms with van der Waals surface area (Å²) in [5.74, 6) is -0.201. The van der Waals surface area contributed by atoms with Crippen LogP contribution in [0.5, 0.6) is 0 Å². The summed E-state index contributed by atoms with van der Waals surface area (Å²) in [4.78, 5) is 12.1. The van der Waals surface area contributed by atoms with Crippen LogP contribution in [0.3, 0.4) is 0 Å². The van der Waals surface area contributed by atoms with Gasteiger partial charge in [0.1, 0.15) is 11.7 Å². The van der Waals surface area contributed by atoms with E-state index >= 15 is 0 Å². The SMILES string of the molecule is O=C1NCC2CCC1N2S(=O)(=O)c1ccc(-c2csnn2)cc1. The molecule has 23 heavy (non-hydrogen) atoms. The summed E-state index contributed by atoms with van der Waals surface area (Å²) in [5, 5.41) is 8.54. The van der Waals surface area contributed by atoms with Crippen molar-refractivity contribution >= 4 is 27.5 Å². The lowest BCUT2D eigenvalue weighted by Gasteiger charge is -2.33. The van der Waals surface area contributed by atoms with Gasteiger partial charge < -0.3 is 5.32 Å². The van der Waals surface area contributed by atoms with Gasteiger partial charge in [-0.25, -0.2) is 8.42 Å². The molecule has 1 aromatic carbocycles. The summed E-state index contributed by atoms with van der Waals surface area (Å²) < 4.78 is 31.0. The molecule has 1 N–H and O–H groups in total. The summed E-state index contributed by atoms with van der Waals surface area (Å²) in [6.07, 6.45) is 1.30. The van der Waals surface area contributed by atoms with Gasteiger partial charge in [-0.2, -0.15) is 4.31 Å². The van der Waals surface area contributed by atoms with Crippen LogP contribution in [0.1, 0.15) is 12.8 Å². The average molecular weight is 350 g/mol. The number of hydrogen-bond donors (Lipinski definition) is 1. The van der Waals surface area contributed by atoms with E-state index in [9.17, 15) is 13.2 Å². The van der Waals surface area contributed by atoms with Gasteiger partial charge in [-0.15, -0.1) is 5.10 Å². The van der Waals surface area contributed by atoms with Crippen molar-refractivity contribution < 1.29 is 13.2 Å². The summed E-state index contributed by atoms with van der Waals surface area (Å²) in [6, 6.07) is 5.84. The Morgan fingerprint density at radius 1 is 1.22 bits per heavy atom. The van der Waals surface area contributed by atoms with Crippen molar-refractivity contribution in [2.24, 2.45) is 0 Å². The van der Waals surface area contributed by atoms with Crippen LogP contribution in [-0.2, 0) is 14.8 Å². The Labute approximate surface area is 137 Å². The van der Waals surface area contributed by atoms with Crippen LogP contribution < -0.4 is 5.32 Å². The highest BCUT2D eigenvalue weighted by molar-refractivity contribution is 7.89. The maximum absolute atomic E-state index is 12.9. The quantitative estimate of drug-likeness (QED) is 0.886. The topological polar surface area (TPSA) is 92.3 Å². The Morgan fingerprint density at radius 3 is 2.70 bits per heavy atom. The first kappa shape index (κ1) is 14.7. The van der Waals surface area contributed by atoms with E-state index < -0.39 is 16.1 Å². The third-order valence-corrected chi connectivity index (χ3v) is 6.82. The summed E-state index contributed by atoms with van der Waals surface area (Å²) in [5.41, 5.74) is 1.54. The molecule has 2 aliphatic rings. The third-order valence-electron chi connectivity index (χ3n) is 4.34. The normalized spacial score (nSPS) is 24.6. The fourth-order valence-electron chi connectivity index (χ4n) is 3.21. The molecule has 9 heteroatoms. The average Bonchev–Trinajstić information content (AvgIpc) is 3.19. The van der Waals surface area contributed by atoms with E-state index in [1.807, 2.05) is 0 Å². The van der Waals surface area contributed by atoms with Crippen LogP contribution in [0.2, 0.25) is 0 Å². The van der Waals surface area contributed by atoms with Gasteiger partial charge in [-0.3, -0.25) is 4.79 Å². The van der Waals surface area contributed by atoms with Crippen LogP contribution in [0.15, 0.2) is 34.5 Å². The zero-order valence-electron chi connectivity index (χ0n) is 12.0. The molecule has 2 bridgehead atoms. The van der Waals surface area contributed by atoms with E-state index in [1.54, 1.807) is 29.6 Å². The van der Waals surface area contributed by atoms with Crippen molar-refractivity contribution in [3.8, 4) is 11.3 Å². The number of benzene rings is 1. The second-order valence-corrected chi connectivity index (χ2v) is 8.09. The molecule has 1 aromatic heterocycles. The van der Waals surface area contributed by atoms with Crippen molar-refractivity contribution in [3.63, 3.8) is 0 Å². The largest absolute Gasteiger partial charge is 0.353 e. The number of nitrogens with one attached hydrogen (secondary N) is 1. The van der Waals surface area contributed by atoms with Gasteiger partial charge in [0.15, 0.2) is 0 Å². The Morgan fingerprint density at radius 2 is 2.00 bits per heavy atom. The van der Waals surface area contributed by atoms with Gasteiger partial charge in [0.25, 0.3) is 0 Å². The number of carbonyl (C=O) groups is 1. The smallest absolute Gasteiger partial charge is 0.244 e. The maximum Gasteiger partial charge on any atom is 0.244 e. The van der Waals surface area contributed by atoms with Gasteiger partial charge in [0.2, 0.25) is 15.9 Å². The molecule has 7 nitrogen and oxygen atoms in total. The maximum atomic E-state index is 12.9. The molecular weight excluding hydrogens is 336 g/mol. The van der Waals surface area contributed by atoms with E-state index in [2.05, 4.69) is 14.9 Å². The minimum Gasteiger partial charge on any atom is -0.353 e. The van der Waals surface area contributed by atoms with Crippen molar-refractivity contribution in [2.75, 3.05) is 6.54 Å². The number of aromatic nitrogens is 2. The van der Waals surface area contributed by atoms with E-state index in [0.717, 1.165) is 11.3 Å². The third kappa shape index (κ3) is 2.35. The van der Waals surface area contributed by atoms with Crippen molar-refractivity contribution in [1.82, 2.24) is 19.2 Å². The van der Waals surface area contributed by atoms with Gasteiger partial charge in [0, 0.05) is 23.5 Å². The minimum absolute atomic E-state index is 0.148. The van der Waals surface area contributed by atoms with E-state index in [-0.39, 0.29) is 16.8 Å². The zero-order valence-corrected chi connectivity index (χ0v) is 13.7. The molecule has 4 rings (SSSR count). The van der Waals surface area contributed by atoms with Crippen molar-refractivity contribution in [3.05, 3.63) is 29.6 Å². The first-order chi connectivity index (χ1) is 11.1. The number of rotatable bonds is 3. The number of amides is 1. The Hall–Kier alpha value is -1.84. The molecule has 2 atom stereocenters. The first-order valence-corrected chi connectivity index (χ1v) is 9.54. The molecule has 120 valence electrons. The zero-order chi connectivity index (χ0) is 16.0. The van der Waals surface area contributed by atoms with Gasteiger partial charge in [-0.1, -0.05) is 16.6 Å². The predicted molar refractivity (Wildman–Crippen MR) is 84.2 cm³/mol. The highest BCUT2D eigenvalue weighted by atomic mass is 32.2. The van der Waals surface area contributed by atoms with E-state index in [4.69, 9.17) is 0 Å². The number of fused-ring (bicyclic) bond motifs is 2. The van der Waals surface area contributed by atoms with Crippen LogP contribution in [0.4, 0.5) is 0 Å². The molecule has 2 saturated heterocycles. The lowest BCUT2D eigenvalue weighted by Crippen LogP contribution is -2.57. The molecule has 3 heterocycles. The molecule has 1 amide bonds. The van der Waals surface area contributed by atoms with Gasteiger partial charge >= 0.3 is 0 Å². The summed E-state index contributed by atoms with van der Waals surface area (Å²) in [7, 11) is -3.68. The van der Waals surface area contributed by atoms with Crippen molar-refractivity contribution in [2.45, 2.75) is 29.8 Å². The molecule has 2 aromatic rings. The van der Waals surface area contributed by atoms with Gasteiger partial charge in [-0.05, 0) is 36.5 Å². The number of sulfonamides is 1. The molecule has 0 spiro atoms. The van der Waals surface area contributed by atoms with E-state index in [1.165, 1.54) is 15.8 Å². The number of hydrogen-bond acceptors (Lipinski definition) is 6. The van der Waals surface area contributed by atoms with Gasteiger partial charge in [0.05, 0.1) is 4.90 Å². The molecule has 2 fully saturated rings. The Balaban J connectivity index is 1.68. The lowest BCUT2D eigenvalue weighted by atomic mass is 10.2. The Bertz CT molecular complexity index is 833. The Kier molecular flexibility index (Phi) is 3.43. The predicted octanol–water partition coefficient (Wildman–Crippen LogP) is 0.857. The molecular formula is C14H14N4O3S2. The molecule has 0 radical (unpaired) electrons. The first-order valence-electron chi connectivity index (χ1n) is 7.26. The monoisotopic (exact) mass is 350 g/mol. The van der Waals surface area contributed by atoms with Crippen LogP contribution >= 0.6 is 11.5 Å². The summed E-state index contributed by atoms with van der Waals surface area (Å²) >= 11 is 1.24. The second-order valence-electron chi connectivity index (χ2n) is 5.64. The fourth-order valence-corrected chi connectivity index (χ4v) is 5.51.